The third-order valence-corrected chi connectivity index (χ3v) is 2.15. The molecule has 1 saturated carbocycles. The number of hydrogen-bond acceptors (Lipinski definition) is 4. The predicted octanol–water partition coefficient (Wildman–Crippen LogP) is -0.284. The lowest BCUT2D eigenvalue weighted by Gasteiger charge is -1.96. The lowest BCUT2D eigenvalue weighted by atomic mass is 10.3. The second-order valence-electron chi connectivity index (χ2n) is 3.35. The van der Waals surface area contributed by atoms with E-state index in [1.807, 2.05) is 0 Å². The number of aromatic nitrogens is 3. The maximum atomic E-state index is 11.4. The Hall–Kier alpha value is -1.23. The standard InChI is InChI=1S/C8H12N4O/c9-3-7-4-12(11-10-7)5-8(13)6-1-2-6/h4,6H,1-3,5,9H2. The van der Waals surface area contributed by atoms with Crippen molar-refractivity contribution in [2.45, 2.75) is 25.9 Å². The van der Waals surface area contributed by atoms with E-state index >= 15 is 0 Å². The molecule has 2 N–H and O–H groups in total. The number of Topliss-reactive ketones (excluding diaryl/α,β-unsaturated/α-hetero) is 1. The van der Waals surface area contributed by atoms with Gasteiger partial charge in [0.25, 0.3) is 0 Å². The molecule has 0 radical (unpaired) electrons. The molecule has 0 aliphatic heterocycles. The minimum Gasteiger partial charge on any atom is -0.325 e. The van der Waals surface area contributed by atoms with E-state index in [-0.39, 0.29) is 11.7 Å². The van der Waals surface area contributed by atoms with Gasteiger partial charge in [0.1, 0.15) is 6.54 Å². The first kappa shape index (κ1) is 8.37. The topological polar surface area (TPSA) is 73.8 Å². The Morgan fingerprint density at radius 3 is 3.00 bits per heavy atom. The second-order valence-corrected chi connectivity index (χ2v) is 3.35. The highest BCUT2D eigenvalue weighted by atomic mass is 16.1. The summed E-state index contributed by atoms with van der Waals surface area (Å²) in [5.74, 6) is 0.541. The molecule has 0 atom stereocenters. The van der Waals surface area contributed by atoms with Crippen LogP contribution in [-0.2, 0) is 17.9 Å². The summed E-state index contributed by atoms with van der Waals surface area (Å²) < 4.78 is 1.56. The smallest absolute Gasteiger partial charge is 0.157 e. The first-order chi connectivity index (χ1) is 6.29. The molecule has 5 heteroatoms. The van der Waals surface area contributed by atoms with E-state index in [1.54, 1.807) is 10.9 Å². The van der Waals surface area contributed by atoms with Gasteiger partial charge in [-0.05, 0) is 12.8 Å². The van der Waals surface area contributed by atoms with E-state index in [4.69, 9.17) is 5.73 Å². The molecule has 0 amide bonds. The quantitative estimate of drug-likeness (QED) is 0.691. The fraction of sp³-hybridized carbons (Fsp3) is 0.625. The number of nitrogens with two attached hydrogens (primary N) is 1. The predicted molar refractivity (Wildman–Crippen MR) is 45.6 cm³/mol. The van der Waals surface area contributed by atoms with Crippen molar-refractivity contribution < 1.29 is 4.79 Å². The molecule has 0 aromatic carbocycles. The van der Waals surface area contributed by atoms with Crippen molar-refractivity contribution in [2.24, 2.45) is 11.7 Å². The van der Waals surface area contributed by atoms with E-state index in [1.165, 1.54) is 0 Å². The van der Waals surface area contributed by atoms with Crippen LogP contribution in [0.5, 0.6) is 0 Å². The summed E-state index contributed by atoms with van der Waals surface area (Å²) >= 11 is 0. The van der Waals surface area contributed by atoms with E-state index < -0.39 is 0 Å². The van der Waals surface area contributed by atoms with Crippen molar-refractivity contribution in [3.63, 3.8) is 0 Å². The van der Waals surface area contributed by atoms with Gasteiger partial charge in [0.15, 0.2) is 5.78 Å². The Bertz CT molecular complexity index is 316. The van der Waals surface area contributed by atoms with Gasteiger partial charge < -0.3 is 5.73 Å². The molecule has 0 saturated heterocycles. The van der Waals surface area contributed by atoms with Crippen LogP contribution in [0.15, 0.2) is 6.20 Å². The summed E-state index contributed by atoms with van der Waals surface area (Å²) in [7, 11) is 0. The van der Waals surface area contributed by atoms with E-state index in [2.05, 4.69) is 10.3 Å². The number of ketones is 1. The second kappa shape index (κ2) is 3.26. The highest BCUT2D eigenvalue weighted by molar-refractivity contribution is 5.82. The van der Waals surface area contributed by atoms with Crippen LogP contribution in [0.1, 0.15) is 18.5 Å². The zero-order chi connectivity index (χ0) is 9.26. The third kappa shape index (κ3) is 1.92. The lowest BCUT2D eigenvalue weighted by Crippen LogP contribution is -2.12. The molecule has 70 valence electrons. The van der Waals surface area contributed by atoms with Gasteiger partial charge in [-0.3, -0.25) is 4.79 Å². The Morgan fingerprint density at radius 1 is 1.69 bits per heavy atom. The van der Waals surface area contributed by atoms with Crippen LogP contribution >= 0.6 is 0 Å². The van der Waals surface area contributed by atoms with Crippen LogP contribution in [-0.4, -0.2) is 20.8 Å². The molecule has 13 heavy (non-hydrogen) atoms. The Kier molecular flexibility index (Phi) is 2.10. The zero-order valence-corrected chi connectivity index (χ0v) is 7.31. The minimum absolute atomic E-state index is 0.258. The van der Waals surface area contributed by atoms with Gasteiger partial charge in [-0.1, -0.05) is 5.21 Å². The largest absolute Gasteiger partial charge is 0.325 e. The van der Waals surface area contributed by atoms with Gasteiger partial charge in [-0.15, -0.1) is 5.10 Å². The lowest BCUT2D eigenvalue weighted by molar-refractivity contribution is -0.121. The number of nitrogens with zero attached hydrogens (tertiary/aromatic N) is 3. The first-order valence-electron chi connectivity index (χ1n) is 4.41. The molecule has 0 unspecified atom stereocenters. The van der Waals surface area contributed by atoms with Gasteiger partial charge >= 0.3 is 0 Å². The molecule has 2 rings (SSSR count). The number of carbonyl (C=O) groups is 1. The van der Waals surface area contributed by atoms with Crippen LogP contribution in [0.3, 0.4) is 0 Å². The fourth-order valence-electron chi connectivity index (χ4n) is 1.20. The van der Waals surface area contributed by atoms with Crippen LogP contribution in [0.25, 0.3) is 0 Å². The summed E-state index contributed by atoms with van der Waals surface area (Å²) in [4.78, 5) is 11.4. The van der Waals surface area contributed by atoms with Crippen molar-refractivity contribution in [3.8, 4) is 0 Å². The van der Waals surface area contributed by atoms with Gasteiger partial charge in [0, 0.05) is 12.5 Å². The normalized spacial score (nSPS) is 16.1. The van der Waals surface area contributed by atoms with Crippen LogP contribution < -0.4 is 5.73 Å². The average molecular weight is 180 g/mol. The monoisotopic (exact) mass is 180 g/mol. The summed E-state index contributed by atoms with van der Waals surface area (Å²) in [5.41, 5.74) is 6.09. The Labute approximate surface area is 75.9 Å². The van der Waals surface area contributed by atoms with Crippen molar-refractivity contribution in [1.82, 2.24) is 15.0 Å². The zero-order valence-electron chi connectivity index (χ0n) is 7.31. The number of rotatable bonds is 4. The van der Waals surface area contributed by atoms with Crippen molar-refractivity contribution in [2.75, 3.05) is 0 Å². The average Bonchev–Trinajstić information content (AvgIpc) is 2.88. The molecule has 1 aromatic rings. The Balaban J connectivity index is 1.96. The number of carbonyl (C=O) groups excluding carboxylic acids is 1. The SMILES string of the molecule is NCc1cn(CC(=O)C2CC2)nn1. The van der Waals surface area contributed by atoms with Crippen LogP contribution in [0.2, 0.25) is 0 Å². The minimum atomic E-state index is 0.258. The molecule has 1 aliphatic carbocycles. The summed E-state index contributed by atoms with van der Waals surface area (Å²) in [5, 5.41) is 7.61. The van der Waals surface area contributed by atoms with Gasteiger partial charge in [-0.2, -0.15) is 0 Å². The van der Waals surface area contributed by atoms with Crippen LogP contribution in [0.4, 0.5) is 0 Å². The molecule has 0 spiro atoms. The molecule has 1 heterocycles. The molecular formula is C8H12N4O. The molecule has 5 nitrogen and oxygen atoms in total. The maximum Gasteiger partial charge on any atom is 0.157 e. The van der Waals surface area contributed by atoms with E-state index in [0.717, 1.165) is 18.5 Å². The van der Waals surface area contributed by atoms with Crippen molar-refractivity contribution in [3.05, 3.63) is 11.9 Å². The van der Waals surface area contributed by atoms with Gasteiger partial charge in [0.05, 0.1) is 11.9 Å². The highest BCUT2D eigenvalue weighted by Crippen LogP contribution is 2.30. The molecule has 1 fully saturated rings. The van der Waals surface area contributed by atoms with Crippen molar-refractivity contribution >= 4 is 5.78 Å². The van der Waals surface area contributed by atoms with Crippen LogP contribution in [0, 0.1) is 5.92 Å². The van der Waals surface area contributed by atoms with E-state index in [9.17, 15) is 4.79 Å². The van der Waals surface area contributed by atoms with E-state index in [0.29, 0.717) is 13.1 Å². The summed E-state index contributed by atoms with van der Waals surface area (Å²) in [6.07, 6.45) is 3.80. The Morgan fingerprint density at radius 2 is 2.46 bits per heavy atom. The third-order valence-electron chi connectivity index (χ3n) is 2.15. The fourth-order valence-corrected chi connectivity index (χ4v) is 1.20. The molecule has 1 aliphatic rings. The number of hydrogen-bond donors (Lipinski definition) is 1. The molecule has 1 aromatic heterocycles. The summed E-state index contributed by atoms with van der Waals surface area (Å²) in [6.45, 7) is 0.718. The highest BCUT2D eigenvalue weighted by Gasteiger charge is 2.29. The summed E-state index contributed by atoms with van der Waals surface area (Å²) in [6, 6.07) is 0. The van der Waals surface area contributed by atoms with Gasteiger partial charge in [0.2, 0.25) is 0 Å². The first-order valence-corrected chi connectivity index (χ1v) is 4.41. The van der Waals surface area contributed by atoms with Crippen molar-refractivity contribution in [1.29, 1.82) is 0 Å². The maximum absolute atomic E-state index is 11.4. The van der Waals surface area contributed by atoms with Gasteiger partial charge in [-0.25, -0.2) is 4.68 Å². The molecular weight excluding hydrogens is 168 g/mol. The molecule has 0 bridgehead atoms.